The van der Waals surface area contributed by atoms with E-state index in [2.05, 4.69) is 5.32 Å². The van der Waals surface area contributed by atoms with E-state index in [0.29, 0.717) is 10.7 Å². The van der Waals surface area contributed by atoms with Crippen LogP contribution in [0.25, 0.3) is 0 Å². The summed E-state index contributed by atoms with van der Waals surface area (Å²) in [7, 11) is 0. The third kappa shape index (κ3) is 4.56. The third-order valence-corrected chi connectivity index (χ3v) is 2.82. The number of amides is 2. The first kappa shape index (κ1) is 15.5. The lowest BCUT2D eigenvalue weighted by Crippen LogP contribution is -2.42. The van der Waals surface area contributed by atoms with Crippen molar-refractivity contribution in [1.82, 2.24) is 5.32 Å². The van der Waals surface area contributed by atoms with Crippen molar-refractivity contribution in [1.29, 1.82) is 0 Å². The van der Waals surface area contributed by atoms with Crippen LogP contribution in [0.2, 0.25) is 5.02 Å². The number of hydrogen-bond donors (Lipinski definition) is 1. The second-order valence-corrected chi connectivity index (χ2v) is 5.19. The maximum Gasteiger partial charge on any atom is 0.240 e. The number of nitrogens with one attached hydrogen (secondary N) is 1. The molecule has 0 aliphatic heterocycles. The molecule has 0 aromatic heterocycles. The Hall–Kier alpha value is -1.55. The Bertz CT molecular complexity index is 486. The van der Waals surface area contributed by atoms with Gasteiger partial charge in [-0.15, -0.1) is 0 Å². The zero-order chi connectivity index (χ0) is 14.6. The number of rotatable bonds is 4. The van der Waals surface area contributed by atoms with Gasteiger partial charge in [-0.25, -0.2) is 0 Å². The molecule has 5 heteroatoms. The van der Waals surface area contributed by atoms with Crippen LogP contribution in [0.4, 0.5) is 5.69 Å². The van der Waals surface area contributed by atoms with E-state index in [1.54, 1.807) is 18.2 Å². The molecular formula is C14H19ClN2O2. The van der Waals surface area contributed by atoms with Gasteiger partial charge in [0.05, 0.1) is 0 Å². The van der Waals surface area contributed by atoms with Gasteiger partial charge in [-0.2, -0.15) is 0 Å². The lowest BCUT2D eigenvalue weighted by Gasteiger charge is -2.23. The van der Waals surface area contributed by atoms with Gasteiger partial charge in [-0.3, -0.25) is 9.59 Å². The van der Waals surface area contributed by atoms with Crippen molar-refractivity contribution in [2.45, 2.75) is 33.7 Å². The number of hydrogen-bond acceptors (Lipinski definition) is 2. The van der Waals surface area contributed by atoms with Crippen LogP contribution in [0.1, 0.15) is 26.3 Å². The molecule has 104 valence electrons. The summed E-state index contributed by atoms with van der Waals surface area (Å²) in [6, 6.07) is 5.28. The van der Waals surface area contributed by atoms with Crippen molar-refractivity contribution >= 4 is 29.1 Å². The number of anilines is 1. The van der Waals surface area contributed by atoms with Crippen molar-refractivity contribution in [3.05, 3.63) is 28.8 Å². The first-order valence-electron chi connectivity index (χ1n) is 6.15. The zero-order valence-electron chi connectivity index (χ0n) is 11.7. The zero-order valence-corrected chi connectivity index (χ0v) is 12.4. The van der Waals surface area contributed by atoms with E-state index < -0.39 is 0 Å². The van der Waals surface area contributed by atoms with E-state index in [-0.39, 0.29) is 24.4 Å². The second kappa shape index (κ2) is 6.57. The maximum absolute atomic E-state index is 11.8. The fourth-order valence-corrected chi connectivity index (χ4v) is 2.03. The van der Waals surface area contributed by atoms with Crippen molar-refractivity contribution < 1.29 is 9.59 Å². The molecule has 0 saturated heterocycles. The summed E-state index contributed by atoms with van der Waals surface area (Å²) in [5.41, 5.74) is 1.57. The van der Waals surface area contributed by atoms with Gasteiger partial charge in [0.2, 0.25) is 11.8 Å². The standard InChI is InChI=1S/C14H19ClN2O2/c1-9(2)16-14(19)8-17(11(4)18)13-6-5-12(15)7-10(13)3/h5-7,9H,8H2,1-4H3,(H,16,19). The number of aryl methyl sites for hydroxylation is 1. The smallest absolute Gasteiger partial charge is 0.240 e. The highest BCUT2D eigenvalue weighted by Gasteiger charge is 2.17. The number of benzene rings is 1. The average Bonchev–Trinajstić information content (AvgIpc) is 2.25. The molecule has 0 radical (unpaired) electrons. The van der Waals surface area contributed by atoms with Gasteiger partial charge >= 0.3 is 0 Å². The second-order valence-electron chi connectivity index (χ2n) is 4.76. The van der Waals surface area contributed by atoms with Crippen LogP contribution >= 0.6 is 11.6 Å². The van der Waals surface area contributed by atoms with Crippen LogP contribution in [0.3, 0.4) is 0 Å². The summed E-state index contributed by atoms with van der Waals surface area (Å²) in [6.07, 6.45) is 0. The molecule has 19 heavy (non-hydrogen) atoms. The highest BCUT2D eigenvalue weighted by atomic mass is 35.5. The van der Waals surface area contributed by atoms with Gasteiger partial charge < -0.3 is 10.2 Å². The highest BCUT2D eigenvalue weighted by Crippen LogP contribution is 2.23. The lowest BCUT2D eigenvalue weighted by atomic mass is 10.1. The fraction of sp³-hybridized carbons (Fsp3) is 0.429. The van der Waals surface area contributed by atoms with E-state index in [0.717, 1.165) is 5.56 Å². The first-order chi connectivity index (χ1) is 8.81. The third-order valence-electron chi connectivity index (χ3n) is 2.58. The topological polar surface area (TPSA) is 49.4 Å². The van der Waals surface area contributed by atoms with Crippen molar-refractivity contribution in [2.75, 3.05) is 11.4 Å². The van der Waals surface area contributed by atoms with Crippen molar-refractivity contribution in [3.8, 4) is 0 Å². The van der Waals surface area contributed by atoms with E-state index in [4.69, 9.17) is 11.6 Å². The largest absolute Gasteiger partial charge is 0.352 e. The maximum atomic E-state index is 11.8. The minimum absolute atomic E-state index is 0.00991. The van der Waals surface area contributed by atoms with Gasteiger partial charge in [-0.05, 0) is 44.5 Å². The molecule has 1 aromatic carbocycles. The molecule has 2 amide bonds. The van der Waals surface area contributed by atoms with Gasteiger partial charge in [0, 0.05) is 23.7 Å². The Balaban J connectivity index is 2.95. The van der Waals surface area contributed by atoms with Crippen LogP contribution in [0.15, 0.2) is 18.2 Å². The van der Waals surface area contributed by atoms with Crippen LogP contribution in [0.5, 0.6) is 0 Å². The van der Waals surface area contributed by atoms with Crippen molar-refractivity contribution in [3.63, 3.8) is 0 Å². The number of carbonyl (C=O) groups excluding carboxylic acids is 2. The Morgan fingerprint density at radius 3 is 2.47 bits per heavy atom. The highest BCUT2D eigenvalue weighted by molar-refractivity contribution is 6.30. The van der Waals surface area contributed by atoms with Crippen LogP contribution < -0.4 is 10.2 Å². The quantitative estimate of drug-likeness (QED) is 0.922. The molecule has 4 nitrogen and oxygen atoms in total. The molecular weight excluding hydrogens is 264 g/mol. The monoisotopic (exact) mass is 282 g/mol. The summed E-state index contributed by atoms with van der Waals surface area (Å²) in [5, 5.41) is 3.38. The Kier molecular flexibility index (Phi) is 5.36. The molecule has 0 bridgehead atoms. The fourth-order valence-electron chi connectivity index (χ4n) is 1.80. The van der Waals surface area contributed by atoms with Crippen LogP contribution in [0, 0.1) is 6.92 Å². The van der Waals surface area contributed by atoms with Gasteiger partial charge in [0.1, 0.15) is 6.54 Å². The molecule has 0 saturated carbocycles. The number of nitrogens with zero attached hydrogens (tertiary/aromatic N) is 1. The van der Waals surface area contributed by atoms with E-state index in [1.165, 1.54) is 11.8 Å². The normalized spacial score (nSPS) is 10.4. The molecule has 0 spiro atoms. The molecule has 0 heterocycles. The van der Waals surface area contributed by atoms with Gasteiger partial charge in [0.25, 0.3) is 0 Å². The summed E-state index contributed by atoms with van der Waals surface area (Å²) in [4.78, 5) is 25.0. The lowest BCUT2D eigenvalue weighted by molar-refractivity contribution is -0.123. The Labute approximate surface area is 118 Å². The SMILES string of the molecule is CC(=O)N(CC(=O)NC(C)C)c1ccc(Cl)cc1C. The van der Waals surface area contributed by atoms with Gasteiger partial charge in [-0.1, -0.05) is 11.6 Å². The molecule has 0 aliphatic carbocycles. The molecule has 1 aromatic rings. The predicted octanol–water partition coefficient (Wildman–Crippen LogP) is 2.53. The van der Waals surface area contributed by atoms with Crippen LogP contribution in [-0.2, 0) is 9.59 Å². The molecule has 1 rings (SSSR count). The summed E-state index contributed by atoms with van der Waals surface area (Å²) >= 11 is 5.89. The van der Waals surface area contributed by atoms with Gasteiger partial charge in [0.15, 0.2) is 0 Å². The molecule has 0 unspecified atom stereocenters. The predicted molar refractivity (Wildman–Crippen MR) is 77.5 cm³/mol. The van der Waals surface area contributed by atoms with E-state index >= 15 is 0 Å². The summed E-state index contributed by atoms with van der Waals surface area (Å²) < 4.78 is 0. The van der Waals surface area contributed by atoms with E-state index in [9.17, 15) is 9.59 Å². The molecule has 0 fully saturated rings. The Morgan fingerprint density at radius 1 is 1.37 bits per heavy atom. The van der Waals surface area contributed by atoms with E-state index in [1.807, 2.05) is 20.8 Å². The molecule has 1 N–H and O–H groups in total. The molecule has 0 aliphatic rings. The Morgan fingerprint density at radius 2 is 2.00 bits per heavy atom. The minimum Gasteiger partial charge on any atom is -0.352 e. The summed E-state index contributed by atoms with van der Waals surface area (Å²) in [5.74, 6) is -0.358. The van der Waals surface area contributed by atoms with Crippen LogP contribution in [-0.4, -0.2) is 24.4 Å². The average molecular weight is 283 g/mol. The first-order valence-corrected chi connectivity index (χ1v) is 6.52. The minimum atomic E-state index is -0.181. The van der Waals surface area contributed by atoms with Crippen molar-refractivity contribution in [2.24, 2.45) is 0 Å². The molecule has 0 atom stereocenters. The summed E-state index contributed by atoms with van der Waals surface area (Å²) in [6.45, 7) is 7.07. The number of carbonyl (C=O) groups is 2. The number of halogens is 1.